The Labute approximate surface area is 137 Å². The summed E-state index contributed by atoms with van der Waals surface area (Å²) in [6.45, 7) is 3.73. The van der Waals surface area contributed by atoms with Crippen molar-refractivity contribution in [3.63, 3.8) is 0 Å². The summed E-state index contributed by atoms with van der Waals surface area (Å²) in [5, 5.41) is 3.94. The second kappa shape index (κ2) is 6.45. The van der Waals surface area contributed by atoms with Crippen molar-refractivity contribution >= 4 is 10.0 Å². The molecule has 23 heavy (non-hydrogen) atoms. The van der Waals surface area contributed by atoms with Crippen LogP contribution in [0.25, 0.3) is 11.1 Å². The molecule has 0 spiro atoms. The van der Waals surface area contributed by atoms with Crippen molar-refractivity contribution in [3.8, 4) is 11.1 Å². The van der Waals surface area contributed by atoms with Gasteiger partial charge in [0, 0.05) is 11.6 Å². The van der Waals surface area contributed by atoms with Gasteiger partial charge in [-0.05, 0) is 44.4 Å². The van der Waals surface area contributed by atoms with E-state index in [1.54, 1.807) is 12.1 Å². The van der Waals surface area contributed by atoms with Gasteiger partial charge in [-0.25, -0.2) is 13.1 Å². The van der Waals surface area contributed by atoms with Gasteiger partial charge in [0.05, 0.1) is 10.6 Å². The lowest BCUT2D eigenvalue weighted by atomic mass is 9.96. The molecule has 6 heteroatoms. The number of rotatable bonds is 4. The molecule has 0 bridgehead atoms. The maximum absolute atomic E-state index is 12.5. The molecule has 1 N–H and O–H groups in total. The highest BCUT2D eigenvalue weighted by molar-refractivity contribution is 7.89. The van der Waals surface area contributed by atoms with Crippen molar-refractivity contribution in [1.82, 2.24) is 9.88 Å². The molecule has 3 rings (SSSR count). The molecule has 5 nitrogen and oxygen atoms in total. The summed E-state index contributed by atoms with van der Waals surface area (Å²) in [7, 11) is -3.45. The van der Waals surface area contributed by atoms with Gasteiger partial charge in [0.2, 0.25) is 10.0 Å². The molecule has 1 aliphatic carbocycles. The minimum Gasteiger partial charge on any atom is -0.361 e. The Bertz CT molecular complexity index is 753. The molecule has 0 saturated heterocycles. The Kier molecular flexibility index (Phi) is 4.55. The second-order valence-corrected chi connectivity index (χ2v) is 7.89. The number of nitrogens with one attached hydrogen (secondary N) is 1. The minimum absolute atomic E-state index is 0.0657. The monoisotopic (exact) mass is 334 g/mol. The number of aromatic nitrogens is 1. The molecule has 0 aliphatic heterocycles. The SMILES string of the molecule is Cc1noc(C)c1-c1ccc(S(=O)(=O)NC2CCCCC2)cc1. The summed E-state index contributed by atoms with van der Waals surface area (Å²) in [5.41, 5.74) is 2.64. The summed E-state index contributed by atoms with van der Waals surface area (Å²) >= 11 is 0. The van der Waals surface area contributed by atoms with Crippen molar-refractivity contribution in [3.05, 3.63) is 35.7 Å². The van der Waals surface area contributed by atoms with Gasteiger partial charge >= 0.3 is 0 Å². The van der Waals surface area contributed by atoms with E-state index in [1.165, 1.54) is 6.42 Å². The highest BCUT2D eigenvalue weighted by Crippen LogP contribution is 2.28. The maximum atomic E-state index is 12.5. The van der Waals surface area contributed by atoms with E-state index in [2.05, 4.69) is 9.88 Å². The first kappa shape index (κ1) is 16.2. The predicted molar refractivity (Wildman–Crippen MR) is 88.6 cm³/mol. The average molecular weight is 334 g/mol. The zero-order valence-electron chi connectivity index (χ0n) is 13.5. The number of hydrogen-bond acceptors (Lipinski definition) is 4. The van der Waals surface area contributed by atoms with Crippen molar-refractivity contribution < 1.29 is 12.9 Å². The standard InChI is InChI=1S/C17H22N2O3S/c1-12-17(13(2)22-18-12)14-8-10-16(11-9-14)23(20,21)19-15-6-4-3-5-7-15/h8-11,15,19H,3-7H2,1-2H3. The van der Waals surface area contributed by atoms with Crippen molar-refractivity contribution in [2.45, 2.75) is 56.9 Å². The fourth-order valence-corrected chi connectivity index (χ4v) is 4.51. The molecule has 1 aromatic carbocycles. The summed E-state index contributed by atoms with van der Waals surface area (Å²) in [4.78, 5) is 0.304. The van der Waals surface area contributed by atoms with E-state index >= 15 is 0 Å². The molecular formula is C17H22N2O3S. The third-order valence-electron chi connectivity index (χ3n) is 4.41. The lowest BCUT2D eigenvalue weighted by Gasteiger charge is -2.22. The van der Waals surface area contributed by atoms with E-state index in [4.69, 9.17) is 4.52 Å². The quantitative estimate of drug-likeness (QED) is 0.928. The molecule has 1 fully saturated rings. The van der Waals surface area contributed by atoms with Crippen LogP contribution < -0.4 is 4.72 Å². The zero-order valence-corrected chi connectivity index (χ0v) is 14.3. The molecule has 0 radical (unpaired) electrons. The van der Waals surface area contributed by atoms with E-state index in [1.807, 2.05) is 26.0 Å². The Morgan fingerprint density at radius 2 is 1.74 bits per heavy atom. The van der Waals surface area contributed by atoms with Crippen LogP contribution in [0.1, 0.15) is 43.6 Å². The predicted octanol–water partition coefficient (Wildman–Crippen LogP) is 3.57. The molecule has 2 aromatic rings. The summed E-state index contributed by atoms with van der Waals surface area (Å²) in [6, 6.07) is 6.97. The third kappa shape index (κ3) is 3.48. The molecule has 124 valence electrons. The van der Waals surface area contributed by atoms with E-state index in [-0.39, 0.29) is 6.04 Å². The second-order valence-electron chi connectivity index (χ2n) is 6.18. The van der Waals surface area contributed by atoms with E-state index in [9.17, 15) is 8.42 Å². The number of nitrogens with zero attached hydrogens (tertiary/aromatic N) is 1. The number of aryl methyl sites for hydroxylation is 2. The van der Waals surface area contributed by atoms with Crippen LogP contribution in [0.15, 0.2) is 33.7 Å². The molecule has 0 amide bonds. The highest BCUT2D eigenvalue weighted by Gasteiger charge is 2.22. The summed E-state index contributed by atoms with van der Waals surface area (Å²) < 4.78 is 33.0. The zero-order chi connectivity index (χ0) is 16.4. The van der Waals surface area contributed by atoms with Crippen LogP contribution in [0.2, 0.25) is 0 Å². The van der Waals surface area contributed by atoms with Gasteiger partial charge in [-0.15, -0.1) is 0 Å². The summed E-state index contributed by atoms with van der Waals surface area (Å²) in [5.74, 6) is 0.735. The molecule has 0 unspecified atom stereocenters. The van der Waals surface area contributed by atoms with E-state index in [0.717, 1.165) is 48.3 Å². The van der Waals surface area contributed by atoms with Gasteiger partial charge in [-0.3, -0.25) is 0 Å². The van der Waals surface area contributed by atoms with Gasteiger partial charge in [-0.2, -0.15) is 0 Å². The first-order valence-electron chi connectivity index (χ1n) is 8.03. The van der Waals surface area contributed by atoms with Gasteiger partial charge in [0.25, 0.3) is 0 Å². The lowest BCUT2D eigenvalue weighted by molar-refractivity contribution is 0.393. The van der Waals surface area contributed by atoms with Crippen LogP contribution in [0.3, 0.4) is 0 Å². The average Bonchev–Trinajstić information content (AvgIpc) is 2.87. The van der Waals surface area contributed by atoms with Gasteiger partial charge in [0.15, 0.2) is 0 Å². The normalized spacial score (nSPS) is 16.6. The van der Waals surface area contributed by atoms with Crippen LogP contribution in [-0.4, -0.2) is 19.6 Å². The van der Waals surface area contributed by atoms with Crippen LogP contribution in [0, 0.1) is 13.8 Å². The van der Waals surface area contributed by atoms with Crippen molar-refractivity contribution in [2.24, 2.45) is 0 Å². The number of benzene rings is 1. The van der Waals surface area contributed by atoms with Crippen LogP contribution in [-0.2, 0) is 10.0 Å². The smallest absolute Gasteiger partial charge is 0.240 e. The summed E-state index contributed by atoms with van der Waals surface area (Å²) in [6.07, 6.45) is 5.24. The first-order valence-corrected chi connectivity index (χ1v) is 9.51. The van der Waals surface area contributed by atoms with E-state index in [0.29, 0.717) is 4.90 Å². The fraction of sp³-hybridized carbons (Fsp3) is 0.471. The number of hydrogen-bond donors (Lipinski definition) is 1. The molecule has 1 heterocycles. The van der Waals surface area contributed by atoms with Crippen LogP contribution in [0.4, 0.5) is 0 Å². The van der Waals surface area contributed by atoms with Gasteiger partial charge < -0.3 is 4.52 Å². The third-order valence-corrected chi connectivity index (χ3v) is 5.95. The van der Waals surface area contributed by atoms with Crippen molar-refractivity contribution in [2.75, 3.05) is 0 Å². The molecule has 1 aliphatic rings. The minimum atomic E-state index is -3.45. The largest absolute Gasteiger partial charge is 0.361 e. The number of sulfonamides is 1. The maximum Gasteiger partial charge on any atom is 0.240 e. The van der Waals surface area contributed by atoms with E-state index < -0.39 is 10.0 Å². The Hall–Kier alpha value is -1.66. The fourth-order valence-electron chi connectivity index (χ4n) is 3.20. The molecule has 0 atom stereocenters. The molecular weight excluding hydrogens is 312 g/mol. The van der Waals surface area contributed by atoms with Gasteiger partial charge in [0.1, 0.15) is 5.76 Å². The first-order chi connectivity index (χ1) is 11.0. The molecule has 1 aromatic heterocycles. The van der Waals surface area contributed by atoms with Crippen molar-refractivity contribution in [1.29, 1.82) is 0 Å². The Morgan fingerprint density at radius 1 is 1.09 bits per heavy atom. The topological polar surface area (TPSA) is 72.2 Å². The highest BCUT2D eigenvalue weighted by atomic mass is 32.2. The molecule has 1 saturated carbocycles. The van der Waals surface area contributed by atoms with Crippen LogP contribution in [0.5, 0.6) is 0 Å². The van der Waals surface area contributed by atoms with Gasteiger partial charge in [-0.1, -0.05) is 36.6 Å². The Morgan fingerprint density at radius 3 is 2.30 bits per heavy atom. The lowest BCUT2D eigenvalue weighted by Crippen LogP contribution is -2.36. The Balaban J connectivity index is 1.81. The van der Waals surface area contributed by atoms with Crippen LogP contribution >= 0.6 is 0 Å².